The molecule has 0 aliphatic heterocycles. The van der Waals surface area contributed by atoms with Crippen LogP contribution in [0.15, 0.2) is 55.1 Å². The predicted molar refractivity (Wildman–Crippen MR) is 80.4 cm³/mol. The van der Waals surface area contributed by atoms with E-state index in [1.165, 1.54) is 6.08 Å². The summed E-state index contributed by atoms with van der Waals surface area (Å²) in [6.07, 6.45) is 1.41. The smallest absolute Gasteiger partial charge is 0.303 e. The molecule has 2 aromatic carbocycles. The van der Waals surface area contributed by atoms with Crippen molar-refractivity contribution in [2.45, 2.75) is 4.83 Å². The van der Waals surface area contributed by atoms with Crippen LogP contribution in [0.1, 0.15) is 0 Å². The summed E-state index contributed by atoms with van der Waals surface area (Å²) in [5.74, 6) is -1.31. The van der Waals surface area contributed by atoms with Crippen molar-refractivity contribution >= 4 is 38.3 Å². The summed E-state index contributed by atoms with van der Waals surface area (Å²) >= 11 is 2.10. The monoisotopic (exact) mass is 339 g/mol. The molecule has 0 unspecified atom stereocenters. The lowest BCUT2D eigenvalue weighted by molar-refractivity contribution is -0.131. The van der Waals surface area contributed by atoms with Gasteiger partial charge in [-0.25, -0.2) is 0 Å². The van der Waals surface area contributed by atoms with Gasteiger partial charge >= 0.3 is 10.7 Å². The van der Waals surface area contributed by atoms with Gasteiger partial charge < -0.3 is 4.90 Å². The average molecular weight is 340 g/mol. The van der Waals surface area contributed by atoms with Crippen molar-refractivity contribution in [3.8, 4) is 0 Å². The van der Waals surface area contributed by atoms with Crippen molar-refractivity contribution in [3.63, 3.8) is 0 Å². The SMILES string of the molecule is C=CCN(C(=O)C(F)(F)Br)c1ccc2ccccc2c1. The first-order chi connectivity index (χ1) is 9.43. The number of anilines is 1. The molecular formula is C15H12BrF2NO. The summed E-state index contributed by atoms with van der Waals surface area (Å²) in [7, 11) is 0. The van der Waals surface area contributed by atoms with Crippen LogP contribution in [0.3, 0.4) is 0 Å². The summed E-state index contributed by atoms with van der Waals surface area (Å²) in [5.41, 5.74) is 0.410. The minimum Gasteiger partial charge on any atom is -0.303 e. The maximum atomic E-state index is 13.2. The molecule has 2 rings (SSSR count). The largest absolute Gasteiger partial charge is 0.378 e. The number of carbonyl (C=O) groups excluding carboxylic acids is 1. The molecule has 0 saturated carbocycles. The fourth-order valence-electron chi connectivity index (χ4n) is 1.93. The van der Waals surface area contributed by atoms with Gasteiger partial charge in [0.25, 0.3) is 0 Å². The Balaban J connectivity index is 2.46. The molecular weight excluding hydrogens is 328 g/mol. The van der Waals surface area contributed by atoms with Gasteiger partial charge in [0.1, 0.15) is 0 Å². The molecule has 0 aliphatic carbocycles. The molecule has 2 aromatic rings. The molecule has 0 radical (unpaired) electrons. The zero-order chi connectivity index (χ0) is 14.8. The molecule has 0 aromatic heterocycles. The van der Waals surface area contributed by atoms with Crippen LogP contribution < -0.4 is 4.90 Å². The Labute approximate surface area is 123 Å². The molecule has 0 atom stereocenters. The summed E-state index contributed by atoms with van der Waals surface area (Å²) in [6.45, 7) is 3.51. The molecule has 0 saturated heterocycles. The third kappa shape index (κ3) is 3.04. The van der Waals surface area contributed by atoms with Gasteiger partial charge in [-0.1, -0.05) is 36.4 Å². The van der Waals surface area contributed by atoms with Crippen LogP contribution in [0.4, 0.5) is 14.5 Å². The van der Waals surface area contributed by atoms with Crippen molar-refractivity contribution in [2.75, 3.05) is 11.4 Å². The van der Waals surface area contributed by atoms with Crippen LogP contribution in [0.2, 0.25) is 0 Å². The van der Waals surface area contributed by atoms with Gasteiger partial charge in [0.2, 0.25) is 0 Å². The van der Waals surface area contributed by atoms with Crippen LogP contribution in [0.5, 0.6) is 0 Å². The predicted octanol–water partition coefficient (Wildman–Crippen LogP) is 4.35. The summed E-state index contributed by atoms with van der Waals surface area (Å²) in [5, 5.41) is 1.86. The fraction of sp³-hybridized carbons (Fsp3) is 0.133. The van der Waals surface area contributed by atoms with Gasteiger partial charge in [-0.05, 0) is 22.9 Å². The Morgan fingerprint density at radius 2 is 1.90 bits per heavy atom. The van der Waals surface area contributed by atoms with Crippen LogP contribution in [0.25, 0.3) is 10.8 Å². The van der Waals surface area contributed by atoms with E-state index < -0.39 is 10.7 Å². The Morgan fingerprint density at radius 3 is 2.50 bits per heavy atom. The first-order valence-electron chi connectivity index (χ1n) is 5.92. The van der Waals surface area contributed by atoms with Crippen LogP contribution in [-0.4, -0.2) is 17.3 Å². The quantitative estimate of drug-likeness (QED) is 0.599. The molecule has 0 heterocycles. The molecule has 0 spiro atoms. The van der Waals surface area contributed by atoms with E-state index in [1.54, 1.807) is 18.2 Å². The van der Waals surface area contributed by atoms with Gasteiger partial charge in [-0.2, -0.15) is 8.78 Å². The van der Waals surface area contributed by atoms with E-state index >= 15 is 0 Å². The van der Waals surface area contributed by atoms with E-state index in [2.05, 4.69) is 22.5 Å². The molecule has 5 heteroatoms. The number of fused-ring (bicyclic) bond motifs is 1. The van der Waals surface area contributed by atoms with Crippen molar-refractivity contribution in [1.82, 2.24) is 0 Å². The highest BCUT2D eigenvalue weighted by atomic mass is 79.9. The van der Waals surface area contributed by atoms with Crippen LogP contribution in [-0.2, 0) is 4.79 Å². The Bertz CT molecular complexity index is 652. The zero-order valence-electron chi connectivity index (χ0n) is 10.5. The van der Waals surface area contributed by atoms with E-state index in [-0.39, 0.29) is 6.54 Å². The van der Waals surface area contributed by atoms with Gasteiger partial charge in [0.15, 0.2) is 0 Å². The lowest BCUT2D eigenvalue weighted by Gasteiger charge is -2.23. The lowest BCUT2D eigenvalue weighted by Crippen LogP contribution is -2.40. The highest BCUT2D eigenvalue weighted by Gasteiger charge is 2.39. The molecule has 20 heavy (non-hydrogen) atoms. The van der Waals surface area contributed by atoms with E-state index in [0.717, 1.165) is 15.7 Å². The minimum absolute atomic E-state index is 0.0123. The third-order valence-corrected chi connectivity index (χ3v) is 3.18. The number of halogens is 3. The minimum atomic E-state index is -3.60. The van der Waals surface area contributed by atoms with E-state index in [4.69, 9.17) is 0 Å². The highest BCUT2D eigenvalue weighted by Crippen LogP contribution is 2.29. The van der Waals surface area contributed by atoms with Crippen molar-refractivity contribution < 1.29 is 13.6 Å². The molecule has 1 amide bonds. The van der Waals surface area contributed by atoms with Crippen molar-refractivity contribution in [2.24, 2.45) is 0 Å². The van der Waals surface area contributed by atoms with Crippen LogP contribution >= 0.6 is 15.9 Å². The Morgan fingerprint density at radius 1 is 1.25 bits per heavy atom. The molecule has 0 N–H and O–H groups in total. The molecule has 0 fully saturated rings. The molecule has 104 valence electrons. The van der Waals surface area contributed by atoms with E-state index in [1.807, 2.05) is 24.3 Å². The number of rotatable bonds is 4. The Hall–Kier alpha value is -1.75. The Kier molecular flexibility index (Phi) is 4.18. The number of benzene rings is 2. The number of hydrogen-bond acceptors (Lipinski definition) is 1. The second-order valence-electron chi connectivity index (χ2n) is 4.23. The van der Waals surface area contributed by atoms with Gasteiger partial charge in [-0.15, -0.1) is 6.58 Å². The number of nitrogens with zero attached hydrogens (tertiary/aromatic N) is 1. The summed E-state index contributed by atoms with van der Waals surface area (Å²) in [6, 6.07) is 12.7. The first kappa shape index (κ1) is 14.7. The van der Waals surface area contributed by atoms with Crippen LogP contribution in [0, 0.1) is 0 Å². The van der Waals surface area contributed by atoms with E-state index in [9.17, 15) is 13.6 Å². The van der Waals surface area contributed by atoms with Gasteiger partial charge in [0, 0.05) is 28.2 Å². The fourth-order valence-corrected chi connectivity index (χ4v) is 2.15. The zero-order valence-corrected chi connectivity index (χ0v) is 12.1. The first-order valence-corrected chi connectivity index (χ1v) is 6.71. The summed E-state index contributed by atoms with van der Waals surface area (Å²) < 4.78 is 26.4. The maximum Gasteiger partial charge on any atom is 0.378 e. The second kappa shape index (κ2) is 5.71. The van der Waals surface area contributed by atoms with Crippen molar-refractivity contribution in [1.29, 1.82) is 0 Å². The number of amides is 1. The average Bonchev–Trinajstić information content (AvgIpc) is 2.42. The van der Waals surface area contributed by atoms with Gasteiger partial charge in [0.05, 0.1) is 0 Å². The number of hydrogen-bond donors (Lipinski definition) is 0. The maximum absolute atomic E-state index is 13.2. The number of alkyl halides is 3. The standard InChI is InChI=1S/C15H12BrF2NO/c1-2-9-19(14(20)15(16,17)18)13-8-7-11-5-3-4-6-12(11)10-13/h2-8,10H,1,9H2. The lowest BCUT2D eigenvalue weighted by atomic mass is 10.1. The third-order valence-electron chi connectivity index (χ3n) is 2.84. The molecule has 2 nitrogen and oxygen atoms in total. The number of carbonyl (C=O) groups is 1. The molecule has 0 bridgehead atoms. The van der Waals surface area contributed by atoms with E-state index in [0.29, 0.717) is 5.69 Å². The highest BCUT2D eigenvalue weighted by molar-refractivity contribution is 9.10. The second-order valence-corrected chi connectivity index (χ2v) is 5.23. The topological polar surface area (TPSA) is 20.3 Å². The molecule has 0 aliphatic rings. The summed E-state index contributed by atoms with van der Waals surface area (Å²) in [4.78, 5) is 9.17. The normalized spacial score (nSPS) is 11.3. The van der Waals surface area contributed by atoms with Gasteiger partial charge in [-0.3, -0.25) is 4.79 Å². The van der Waals surface area contributed by atoms with Crippen molar-refractivity contribution in [3.05, 3.63) is 55.1 Å².